The number of carbonyl (C=O) groups is 1. The molecule has 8 nitrogen and oxygen atoms in total. The molecule has 0 aliphatic heterocycles. The summed E-state index contributed by atoms with van der Waals surface area (Å²) in [6.45, 7) is 1.25. The molecule has 0 unspecified atom stereocenters. The third-order valence-corrected chi connectivity index (χ3v) is 3.79. The average Bonchev–Trinajstić information content (AvgIpc) is 3.08. The summed E-state index contributed by atoms with van der Waals surface area (Å²) in [5.74, 6) is -0.459. The van der Waals surface area contributed by atoms with Gasteiger partial charge in [0, 0.05) is 16.1 Å². The maximum atomic E-state index is 12.2. The van der Waals surface area contributed by atoms with E-state index in [0.29, 0.717) is 22.0 Å². The Bertz CT molecular complexity index is 969. The summed E-state index contributed by atoms with van der Waals surface area (Å²) in [6.07, 6.45) is 0. The van der Waals surface area contributed by atoms with Crippen LogP contribution in [0.2, 0.25) is 5.02 Å². The molecule has 0 radical (unpaired) electrons. The minimum absolute atomic E-state index is 0.0682. The van der Waals surface area contributed by atoms with E-state index in [9.17, 15) is 14.9 Å². The zero-order valence-corrected chi connectivity index (χ0v) is 14.3. The number of esters is 1. The van der Waals surface area contributed by atoms with E-state index < -0.39 is 10.9 Å². The third kappa shape index (κ3) is 3.70. The van der Waals surface area contributed by atoms with Gasteiger partial charge >= 0.3 is 5.97 Å². The number of hydrogen-bond acceptors (Lipinski definition) is 7. The summed E-state index contributed by atoms with van der Waals surface area (Å²) in [7, 11) is 0. The summed E-state index contributed by atoms with van der Waals surface area (Å²) < 4.78 is 10.1. The van der Waals surface area contributed by atoms with Crippen molar-refractivity contribution in [2.24, 2.45) is 0 Å². The molecule has 3 aromatic rings. The molecule has 1 aromatic heterocycles. The van der Waals surface area contributed by atoms with Crippen LogP contribution in [0.3, 0.4) is 0 Å². The molecule has 0 saturated carbocycles. The van der Waals surface area contributed by atoms with Crippen molar-refractivity contribution in [3.05, 3.63) is 74.6 Å². The highest BCUT2D eigenvalue weighted by Crippen LogP contribution is 2.24. The predicted octanol–water partition coefficient (Wildman–Crippen LogP) is 3.96. The van der Waals surface area contributed by atoms with Crippen molar-refractivity contribution in [2.75, 3.05) is 0 Å². The number of nitro benzene ring substituents is 1. The first kappa shape index (κ1) is 17.6. The quantitative estimate of drug-likeness (QED) is 0.378. The lowest BCUT2D eigenvalue weighted by Crippen LogP contribution is -2.09. The Labute approximate surface area is 152 Å². The number of hydrogen-bond donors (Lipinski definition) is 0. The molecule has 0 saturated heterocycles. The van der Waals surface area contributed by atoms with Gasteiger partial charge in [-0.1, -0.05) is 28.9 Å². The smallest absolute Gasteiger partial charge is 0.345 e. The number of aromatic nitrogens is 2. The number of para-hydroxylation sites is 1. The predicted molar refractivity (Wildman–Crippen MR) is 91.7 cm³/mol. The highest BCUT2D eigenvalue weighted by Gasteiger charge is 2.24. The molecule has 0 atom stereocenters. The summed E-state index contributed by atoms with van der Waals surface area (Å²) >= 11 is 5.82. The fourth-order valence-corrected chi connectivity index (χ4v) is 2.43. The van der Waals surface area contributed by atoms with E-state index >= 15 is 0 Å². The van der Waals surface area contributed by atoms with Gasteiger partial charge in [-0.15, -0.1) is 0 Å². The van der Waals surface area contributed by atoms with Gasteiger partial charge in [0.25, 0.3) is 11.6 Å². The summed E-state index contributed by atoms with van der Waals surface area (Å²) in [5.41, 5.74) is 0.634. The Balaban J connectivity index is 1.72. The summed E-state index contributed by atoms with van der Waals surface area (Å²) in [4.78, 5) is 26.8. The summed E-state index contributed by atoms with van der Waals surface area (Å²) in [6, 6.07) is 11.2. The topological polar surface area (TPSA) is 108 Å². The van der Waals surface area contributed by atoms with Crippen LogP contribution in [-0.4, -0.2) is 21.0 Å². The van der Waals surface area contributed by atoms with E-state index in [0.717, 1.165) is 0 Å². The lowest BCUT2D eigenvalue weighted by atomic mass is 10.1. The molecular weight excluding hydrogens is 362 g/mol. The lowest BCUT2D eigenvalue weighted by molar-refractivity contribution is -0.385. The van der Waals surface area contributed by atoms with Crippen LogP contribution < -0.4 is 0 Å². The minimum atomic E-state index is -0.841. The molecular formula is C17H12ClN3O5. The number of rotatable bonds is 5. The molecule has 132 valence electrons. The first-order valence-electron chi connectivity index (χ1n) is 7.45. The van der Waals surface area contributed by atoms with Crippen molar-refractivity contribution in [1.29, 1.82) is 0 Å². The molecule has 0 fully saturated rings. The highest BCUT2D eigenvalue weighted by atomic mass is 35.5. The van der Waals surface area contributed by atoms with Crippen molar-refractivity contribution in [3.63, 3.8) is 0 Å². The van der Waals surface area contributed by atoms with Gasteiger partial charge in [-0.2, -0.15) is 4.98 Å². The number of halogens is 1. The molecule has 26 heavy (non-hydrogen) atoms. The van der Waals surface area contributed by atoms with Gasteiger partial charge in [0.2, 0.25) is 5.82 Å². The Hall–Kier alpha value is -3.26. The van der Waals surface area contributed by atoms with Gasteiger partial charge in [0.1, 0.15) is 5.56 Å². The Morgan fingerprint density at radius 1 is 1.27 bits per heavy atom. The zero-order chi connectivity index (χ0) is 18.7. The Morgan fingerprint density at radius 3 is 2.69 bits per heavy atom. The molecule has 3 rings (SSSR count). The van der Waals surface area contributed by atoms with Crippen LogP contribution in [0, 0.1) is 17.0 Å². The van der Waals surface area contributed by atoms with Crippen LogP contribution in [0.15, 0.2) is 47.0 Å². The van der Waals surface area contributed by atoms with Crippen LogP contribution in [-0.2, 0) is 11.3 Å². The number of carbonyl (C=O) groups excluding carboxylic acids is 1. The fourth-order valence-electron chi connectivity index (χ4n) is 2.30. The van der Waals surface area contributed by atoms with Gasteiger partial charge in [0.15, 0.2) is 6.61 Å². The second kappa shape index (κ2) is 7.32. The Kier molecular flexibility index (Phi) is 4.94. The van der Waals surface area contributed by atoms with Crippen molar-refractivity contribution in [3.8, 4) is 11.4 Å². The summed E-state index contributed by atoms with van der Waals surface area (Å²) in [5, 5.41) is 15.5. The second-order valence-corrected chi connectivity index (χ2v) is 5.76. The zero-order valence-electron chi connectivity index (χ0n) is 13.5. The van der Waals surface area contributed by atoms with Gasteiger partial charge in [-0.25, -0.2) is 4.79 Å². The number of nitro groups is 1. The van der Waals surface area contributed by atoms with E-state index in [1.807, 2.05) is 0 Å². The van der Waals surface area contributed by atoms with Gasteiger partial charge < -0.3 is 9.26 Å². The normalized spacial score (nSPS) is 10.5. The average molecular weight is 374 g/mol. The van der Waals surface area contributed by atoms with Gasteiger partial charge in [-0.05, 0) is 37.3 Å². The van der Waals surface area contributed by atoms with Crippen molar-refractivity contribution >= 4 is 23.3 Å². The number of aryl methyl sites for hydroxylation is 1. The molecule has 0 bridgehead atoms. The molecule has 0 spiro atoms. The van der Waals surface area contributed by atoms with Crippen molar-refractivity contribution < 1.29 is 19.0 Å². The maximum Gasteiger partial charge on any atom is 0.345 e. The SMILES string of the molecule is Cc1cccc(C(=O)OCc2nc(-c3ccc(Cl)cc3)no2)c1[N+](=O)[O-]. The standard InChI is InChI=1S/C17H12ClN3O5/c1-10-3-2-4-13(15(10)21(23)24)17(22)25-9-14-19-16(20-26-14)11-5-7-12(18)8-6-11/h2-8H,9H2,1H3. The molecule has 0 aliphatic rings. The number of nitrogens with zero attached hydrogens (tertiary/aromatic N) is 3. The molecule has 9 heteroatoms. The van der Waals surface area contributed by atoms with Gasteiger partial charge in [0.05, 0.1) is 4.92 Å². The van der Waals surface area contributed by atoms with E-state index in [2.05, 4.69) is 10.1 Å². The third-order valence-electron chi connectivity index (χ3n) is 3.54. The van der Waals surface area contributed by atoms with Crippen LogP contribution in [0.25, 0.3) is 11.4 Å². The number of benzene rings is 2. The second-order valence-electron chi connectivity index (χ2n) is 5.32. The number of ether oxygens (including phenoxy) is 1. The largest absolute Gasteiger partial charge is 0.452 e. The van der Waals surface area contributed by atoms with Crippen LogP contribution >= 0.6 is 11.6 Å². The fraction of sp³-hybridized carbons (Fsp3) is 0.118. The van der Waals surface area contributed by atoms with Crippen molar-refractivity contribution in [1.82, 2.24) is 10.1 Å². The minimum Gasteiger partial charge on any atom is -0.452 e. The van der Waals surface area contributed by atoms with E-state index in [4.69, 9.17) is 20.9 Å². The Morgan fingerprint density at radius 2 is 2.00 bits per heavy atom. The molecule has 1 heterocycles. The van der Waals surface area contributed by atoms with Crippen LogP contribution in [0.4, 0.5) is 5.69 Å². The van der Waals surface area contributed by atoms with Crippen LogP contribution in [0.5, 0.6) is 0 Å². The monoisotopic (exact) mass is 373 g/mol. The molecule has 2 aromatic carbocycles. The maximum absolute atomic E-state index is 12.2. The lowest BCUT2D eigenvalue weighted by Gasteiger charge is -2.04. The van der Waals surface area contributed by atoms with Crippen LogP contribution in [0.1, 0.15) is 21.8 Å². The molecule has 0 N–H and O–H groups in total. The van der Waals surface area contributed by atoms with Gasteiger partial charge in [-0.3, -0.25) is 10.1 Å². The van der Waals surface area contributed by atoms with Crippen molar-refractivity contribution in [2.45, 2.75) is 13.5 Å². The van der Waals surface area contributed by atoms with E-state index in [1.54, 1.807) is 43.3 Å². The highest BCUT2D eigenvalue weighted by molar-refractivity contribution is 6.30. The molecule has 0 amide bonds. The first-order valence-corrected chi connectivity index (χ1v) is 7.83. The van der Waals surface area contributed by atoms with E-state index in [-0.39, 0.29) is 23.7 Å². The van der Waals surface area contributed by atoms with E-state index in [1.165, 1.54) is 6.07 Å². The first-order chi connectivity index (χ1) is 12.5. The molecule has 0 aliphatic carbocycles.